The zero-order chi connectivity index (χ0) is 18.8. The Labute approximate surface area is 158 Å². The third-order valence-corrected chi connectivity index (χ3v) is 4.71. The number of amides is 1. The van der Waals surface area contributed by atoms with E-state index in [1.165, 1.54) is 0 Å². The number of aryl methyl sites for hydroxylation is 2. The third kappa shape index (κ3) is 3.62. The molecule has 4 aromatic rings. The number of benzene rings is 2. The summed E-state index contributed by atoms with van der Waals surface area (Å²) in [7, 11) is 0. The molecule has 0 saturated carbocycles. The van der Waals surface area contributed by atoms with Crippen molar-refractivity contribution in [2.45, 2.75) is 26.8 Å². The van der Waals surface area contributed by atoms with Crippen LogP contribution in [0.4, 0.5) is 5.82 Å². The summed E-state index contributed by atoms with van der Waals surface area (Å²) >= 11 is 0. The number of para-hydroxylation sites is 1. The SMILES string of the molecule is Cc1cc(NC(=O)Cc2c(C)[nH]c3ccccc23)n(Cc2ccccc2)n1. The van der Waals surface area contributed by atoms with E-state index in [0.717, 1.165) is 39.2 Å². The quantitative estimate of drug-likeness (QED) is 0.561. The van der Waals surface area contributed by atoms with Crippen LogP contribution in [0.15, 0.2) is 60.7 Å². The molecule has 0 fully saturated rings. The Balaban J connectivity index is 1.54. The third-order valence-electron chi connectivity index (χ3n) is 4.71. The van der Waals surface area contributed by atoms with Crippen molar-refractivity contribution >= 4 is 22.6 Å². The zero-order valence-electron chi connectivity index (χ0n) is 15.5. The molecule has 1 amide bonds. The summed E-state index contributed by atoms with van der Waals surface area (Å²) in [4.78, 5) is 16.1. The molecule has 5 heteroatoms. The molecule has 0 bridgehead atoms. The molecular weight excluding hydrogens is 336 g/mol. The molecule has 0 radical (unpaired) electrons. The van der Waals surface area contributed by atoms with E-state index in [-0.39, 0.29) is 5.91 Å². The Bertz CT molecular complexity index is 1090. The van der Waals surface area contributed by atoms with Gasteiger partial charge < -0.3 is 10.3 Å². The van der Waals surface area contributed by atoms with Crippen LogP contribution in [0.25, 0.3) is 10.9 Å². The fourth-order valence-corrected chi connectivity index (χ4v) is 3.43. The number of hydrogen-bond donors (Lipinski definition) is 2. The van der Waals surface area contributed by atoms with Gasteiger partial charge in [-0.05, 0) is 31.0 Å². The van der Waals surface area contributed by atoms with Gasteiger partial charge in [-0.1, -0.05) is 48.5 Å². The number of fused-ring (bicyclic) bond motifs is 1. The van der Waals surface area contributed by atoms with Gasteiger partial charge in [0, 0.05) is 22.7 Å². The van der Waals surface area contributed by atoms with Crippen molar-refractivity contribution in [2.24, 2.45) is 0 Å². The Kier molecular flexibility index (Phi) is 4.50. The normalized spacial score (nSPS) is 11.0. The first-order valence-corrected chi connectivity index (χ1v) is 9.04. The minimum absolute atomic E-state index is 0.0444. The number of rotatable bonds is 5. The van der Waals surface area contributed by atoms with E-state index in [1.807, 2.05) is 67.1 Å². The number of nitrogens with one attached hydrogen (secondary N) is 2. The van der Waals surface area contributed by atoms with Gasteiger partial charge in [0.15, 0.2) is 0 Å². The highest BCUT2D eigenvalue weighted by molar-refractivity contribution is 5.96. The summed E-state index contributed by atoms with van der Waals surface area (Å²) < 4.78 is 1.84. The van der Waals surface area contributed by atoms with Gasteiger partial charge in [0.05, 0.1) is 18.7 Å². The fourth-order valence-electron chi connectivity index (χ4n) is 3.43. The summed E-state index contributed by atoms with van der Waals surface area (Å²) in [6.45, 7) is 4.56. The van der Waals surface area contributed by atoms with Crippen molar-refractivity contribution < 1.29 is 4.79 Å². The summed E-state index contributed by atoms with van der Waals surface area (Å²) in [6.07, 6.45) is 0.325. The standard InChI is InChI=1S/C22H22N4O/c1-15-12-21(26(25-15)14-17-8-4-3-5-9-17)24-22(27)13-19-16(2)23-20-11-7-6-10-18(19)20/h3-12,23H,13-14H2,1-2H3,(H,24,27). The number of nitrogens with zero attached hydrogens (tertiary/aromatic N) is 2. The second-order valence-corrected chi connectivity index (χ2v) is 6.81. The zero-order valence-corrected chi connectivity index (χ0v) is 15.5. The predicted molar refractivity (Wildman–Crippen MR) is 108 cm³/mol. The summed E-state index contributed by atoms with van der Waals surface area (Å²) in [5, 5.41) is 8.65. The Morgan fingerprint density at radius 1 is 1.07 bits per heavy atom. The molecule has 4 rings (SSSR count). The number of aromatic nitrogens is 3. The number of hydrogen-bond acceptors (Lipinski definition) is 2. The Morgan fingerprint density at radius 2 is 1.81 bits per heavy atom. The lowest BCUT2D eigenvalue weighted by Crippen LogP contribution is -2.18. The van der Waals surface area contributed by atoms with Gasteiger partial charge in [-0.3, -0.25) is 4.79 Å². The van der Waals surface area contributed by atoms with Crippen LogP contribution in [0.3, 0.4) is 0 Å². The highest BCUT2D eigenvalue weighted by Gasteiger charge is 2.14. The number of anilines is 1. The van der Waals surface area contributed by atoms with Crippen LogP contribution in [-0.4, -0.2) is 20.7 Å². The largest absolute Gasteiger partial charge is 0.358 e. The molecule has 0 atom stereocenters. The molecule has 2 N–H and O–H groups in total. The molecule has 5 nitrogen and oxygen atoms in total. The molecule has 0 aliphatic rings. The van der Waals surface area contributed by atoms with Gasteiger partial charge in [0.1, 0.15) is 5.82 Å². The molecule has 2 aromatic heterocycles. The predicted octanol–water partition coefficient (Wildman–Crippen LogP) is 4.21. The van der Waals surface area contributed by atoms with Gasteiger partial charge in [-0.15, -0.1) is 0 Å². The lowest BCUT2D eigenvalue weighted by molar-refractivity contribution is -0.115. The summed E-state index contributed by atoms with van der Waals surface area (Å²) in [5.41, 5.74) is 5.14. The molecule has 27 heavy (non-hydrogen) atoms. The van der Waals surface area contributed by atoms with E-state index in [4.69, 9.17) is 0 Å². The molecule has 0 spiro atoms. The van der Waals surface area contributed by atoms with Crippen LogP contribution in [0, 0.1) is 13.8 Å². The van der Waals surface area contributed by atoms with Crippen LogP contribution in [0.2, 0.25) is 0 Å². The maximum Gasteiger partial charge on any atom is 0.230 e. The molecule has 0 aliphatic heterocycles. The Hall–Kier alpha value is -3.34. The fraction of sp³-hybridized carbons (Fsp3) is 0.182. The van der Waals surface area contributed by atoms with E-state index >= 15 is 0 Å². The first-order chi connectivity index (χ1) is 13.1. The molecule has 0 aliphatic carbocycles. The van der Waals surface area contributed by atoms with Crippen LogP contribution in [0.5, 0.6) is 0 Å². The Morgan fingerprint density at radius 3 is 2.63 bits per heavy atom. The number of carbonyl (C=O) groups excluding carboxylic acids is 1. The van der Waals surface area contributed by atoms with Crippen molar-refractivity contribution in [1.29, 1.82) is 0 Å². The van der Waals surface area contributed by atoms with E-state index < -0.39 is 0 Å². The summed E-state index contributed by atoms with van der Waals surface area (Å²) in [5.74, 6) is 0.677. The average molecular weight is 358 g/mol. The van der Waals surface area contributed by atoms with Gasteiger partial charge >= 0.3 is 0 Å². The van der Waals surface area contributed by atoms with Crippen molar-refractivity contribution in [1.82, 2.24) is 14.8 Å². The van der Waals surface area contributed by atoms with E-state index in [1.54, 1.807) is 0 Å². The molecule has 0 unspecified atom stereocenters. The summed E-state index contributed by atoms with van der Waals surface area (Å²) in [6, 6.07) is 20.1. The topological polar surface area (TPSA) is 62.7 Å². The van der Waals surface area contributed by atoms with Crippen LogP contribution >= 0.6 is 0 Å². The lowest BCUT2D eigenvalue weighted by atomic mass is 10.1. The monoisotopic (exact) mass is 358 g/mol. The average Bonchev–Trinajstić information content (AvgIpc) is 3.15. The maximum atomic E-state index is 12.7. The minimum Gasteiger partial charge on any atom is -0.358 e. The van der Waals surface area contributed by atoms with E-state index in [0.29, 0.717) is 13.0 Å². The van der Waals surface area contributed by atoms with Gasteiger partial charge in [0.25, 0.3) is 0 Å². The highest BCUT2D eigenvalue weighted by Crippen LogP contribution is 2.23. The molecular formula is C22H22N4O. The number of H-pyrrole nitrogens is 1. The molecule has 0 saturated heterocycles. The van der Waals surface area contributed by atoms with E-state index in [2.05, 4.69) is 27.5 Å². The second kappa shape index (κ2) is 7.11. The minimum atomic E-state index is -0.0444. The van der Waals surface area contributed by atoms with Crippen molar-refractivity contribution in [3.63, 3.8) is 0 Å². The first kappa shape index (κ1) is 17.1. The maximum absolute atomic E-state index is 12.7. The lowest BCUT2D eigenvalue weighted by Gasteiger charge is -2.09. The number of carbonyl (C=O) groups is 1. The smallest absolute Gasteiger partial charge is 0.230 e. The van der Waals surface area contributed by atoms with Crippen molar-refractivity contribution in [2.75, 3.05) is 5.32 Å². The first-order valence-electron chi connectivity index (χ1n) is 9.04. The van der Waals surface area contributed by atoms with Gasteiger partial charge in [-0.2, -0.15) is 5.10 Å². The molecule has 136 valence electrons. The van der Waals surface area contributed by atoms with Gasteiger partial charge in [0.2, 0.25) is 5.91 Å². The van der Waals surface area contributed by atoms with Crippen LogP contribution in [0.1, 0.15) is 22.5 Å². The van der Waals surface area contributed by atoms with Crippen molar-refractivity contribution in [3.8, 4) is 0 Å². The number of aromatic amines is 1. The highest BCUT2D eigenvalue weighted by atomic mass is 16.1. The molecule has 2 heterocycles. The second-order valence-electron chi connectivity index (χ2n) is 6.81. The van der Waals surface area contributed by atoms with Crippen molar-refractivity contribution in [3.05, 3.63) is 83.2 Å². The van der Waals surface area contributed by atoms with Crippen LogP contribution in [-0.2, 0) is 17.8 Å². The molecule has 2 aromatic carbocycles. The van der Waals surface area contributed by atoms with E-state index in [9.17, 15) is 4.79 Å². The van der Waals surface area contributed by atoms with Crippen LogP contribution < -0.4 is 5.32 Å². The van der Waals surface area contributed by atoms with Gasteiger partial charge in [-0.25, -0.2) is 4.68 Å².